The quantitative estimate of drug-likeness (QED) is 0.748. The summed E-state index contributed by atoms with van der Waals surface area (Å²) in [5, 5.41) is 7.81. The van der Waals surface area contributed by atoms with E-state index in [0.29, 0.717) is 26.4 Å². The highest BCUT2D eigenvalue weighted by molar-refractivity contribution is 7.08. The SMILES string of the molecule is O.c1scc2c1OCCO2.c1scc2c1OCCO2. The first kappa shape index (κ1) is 14.0. The molecule has 4 heterocycles. The van der Waals surface area contributed by atoms with Crippen LogP contribution in [-0.4, -0.2) is 31.9 Å². The Labute approximate surface area is 118 Å². The summed E-state index contributed by atoms with van der Waals surface area (Å²) in [7, 11) is 0. The molecule has 104 valence electrons. The normalized spacial score (nSPS) is 14.7. The van der Waals surface area contributed by atoms with E-state index in [1.807, 2.05) is 21.5 Å². The molecule has 0 atom stereocenters. The summed E-state index contributed by atoms with van der Waals surface area (Å²) < 4.78 is 21.0. The van der Waals surface area contributed by atoms with Gasteiger partial charge in [-0.25, -0.2) is 0 Å². The van der Waals surface area contributed by atoms with Crippen LogP contribution in [0.1, 0.15) is 0 Å². The van der Waals surface area contributed by atoms with Crippen molar-refractivity contribution < 1.29 is 24.4 Å². The minimum absolute atomic E-state index is 0. The summed E-state index contributed by atoms with van der Waals surface area (Å²) >= 11 is 3.21. The lowest BCUT2D eigenvalue weighted by Gasteiger charge is -2.13. The maximum atomic E-state index is 5.25. The standard InChI is InChI=1S/2C6H6O2S.H2O/c2*1-2-8-6-4-9-3-5(6)7-1;/h2*3-4H,1-2H2;1H2. The van der Waals surface area contributed by atoms with Crippen LogP contribution in [0.25, 0.3) is 0 Å². The molecule has 0 bridgehead atoms. The van der Waals surface area contributed by atoms with Gasteiger partial charge < -0.3 is 24.4 Å². The molecule has 0 radical (unpaired) electrons. The molecule has 2 aromatic rings. The molecule has 4 rings (SSSR count). The molecule has 0 aliphatic carbocycles. The average molecular weight is 302 g/mol. The van der Waals surface area contributed by atoms with Crippen molar-refractivity contribution in [2.24, 2.45) is 0 Å². The fourth-order valence-electron chi connectivity index (χ4n) is 1.57. The number of thiophene rings is 2. The lowest BCUT2D eigenvalue weighted by molar-refractivity contribution is 0.173. The Bertz CT molecular complexity index is 420. The van der Waals surface area contributed by atoms with Crippen molar-refractivity contribution in [3.8, 4) is 23.0 Å². The highest BCUT2D eigenvalue weighted by atomic mass is 32.1. The van der Waals surface area contributed by atoms with Crippen LogP contribution < -0.4 is 18.9 Å². The average Bonchev–Trinajstić information content (AvgIpc) is 3.08. The molecule has 0 spiro atoms. The van der Waals surface area contributed by atoms with Crippen molar-refractivity contribution in [3.63, 3.8) is 0 Å². The van der Waals surface area contributed by atoms with Gasteiger partial charge in [0.2, 0.25) is 0 Å². The van der Waals surface area contributed by atoms with E-state index in [1.54, 1.807) is 22.7 Å². The van der Waals surface area contributed by atoms with E-state index in [1.165, 1.54) is 0 Å². The molecule has 0 saturated carbocycles. The van der Waals surface area contributed by atoms with Gasteiger partial charge in [0, 0.05) is 21.5 Å². The monoisotopic (exact) mass is 302 g/mol. The van der Waals surface area contributed by atoms with Gasteiger partial charge in [-0.15, -0.1) is 22.7 Å². The van der Waals surface area contributed by atoms with Gasteiger partial charge in [-0.05, 0) is 0 Å². The molecular formula is C12H14O5S2. The minimum Gasteiger partial charge on any atom is -0.485 e. The topological polar surface area (TPSA) is 68.4 Å². The first-order chi connectivity index (χ1) is 8.93. The summed E-state index contributed by atoms with van der Waals surface area (Å²) in [6.07, 6.45) is 0. The maximum Gasteiger partial charge on any atom is 0.172 e. The Kier molecular flexibility index (Phi) is 4.89. The van der Waals surface area contributed by atoms with Gasteiger partial charge in [0.15, 0.2) is 23.0 Å². The van der Waals surface area contributed by atoms with E-state index >= 15 is 0 Å². The maximum absolute atomic E-state index is 5.25. The van der Waals surface area contributed by atoms with Gasteiger partial charge in [-0.1, -0.05) is 0 Å². The van der Waals surface area contributed by atoms with E-state index in [0.717, 1.165) is 23.0 Å². The van der Waals surface area contributed by atoms with Gasteiger partial charge in [0.1, 0.15) is 26.4 Å². The second kappa shape index (κ2) is 6.65. The van der Waals surface area contributed by atoms with Crippen molar-refractivity contribution in [2.45, 2.75) is 0 Å². The third kappa shape index (κ3) is 3.31. The Morgan fingerprint density at radius 3 is 1.11 bits per heavy atom. The van der Waals surface area contributed by atoms with Crippen LogP contribution >= 0.6 is 22.7 Å². The van der Waals surface area contributed by atoms with Crippen LogP contribution in [0, 0.1) is 0 Å². The van der Waals surface area contributed by atoms with Crippen LogP contribution in [-0.2, 0) is 0 Å². The third-order valence-corrected chi connectivity index (χ3v) is 3.78. The number of rotatable bonds is 0. The van der Waals surface area contributed by atoms with Gasteiger partial charge in [-0.3, -0.25) is 0 Å². The fourth-order valence-corrected chi connectivity index (χ4v) is 2.94. The number of hydrogen-bond donors (Lipinski definition) is 0. The van der Waals surface area contributed by atoms with Gasteiger partial charge in [0.25, 0.3) is 0 Å². The van der Waals surface area contributed by atoms with Crippen molar-refractivity contribution >= 4 is 22.7 Å². The Morgan fingerprint density at radius 2 is 0.842 bits per heavy atom. The van der Waals surface area contributed by atoms with E-state index in [4.69, 9.17) is 18.9 Å². The first-order valence-electron chi connectivity index (χ1n) is 5.57. The van der Waals surface area contributed by atoms with Crippen molar-refractivity contribution in [1.82, 2.24) is 0 Å². The molecule has 0 unspecified atom stereocenters. The van der Waals surface area contributed by atoms with Crippen LogP contribution in [0.15, 0.2) is 21.5 Å². The number of hydrogen-bond acceptors (Lipinski definition) is 6. The molecule has 2 aliphatic heterocycles. The van der Waals surface area contributed by atoms with Crippen molar-refractivity contribution in [3.05, 3.63) is 21.5 Å². The zero-order valence-electron chi connectivity index (χ0n) is 10.1. The molecular weight excluding hydrogens is 288 g/mol. The van der Waals surface area contributed by atoms with E-state index in [2.05, 4.69) is 0 Å². The predicted molar refractivity (Wildman–Crippen MR) is 74.2 cm³/mol. The molecule has 0 aromatic carbocycles. The van der Waals surface area contributed by atoms with E-state index < -0.39 is 0 Å². The van der Waals surface area contributed by atoms with Crippen LogP contribution in [0.4, 0.5) is 0 Å². The van der Waals surface area contributed by atoms with Gasteiger partial charge in [0.05, 0.1) is 0 Å². The van der Waals surface area contributed by atoms with Gasteiger partial charge >= 0.3 is 0 Å². The molecule has 0 amide bonds. The minimum atomic E-state index is 0. The molecule has 5 nitrogen and oxygen atoms in total. The second-order valence-electron chi connectivity index (χ2n) is 3.59. The number of fused-ring (bicyclic) bond motifs is 2. The predicted octanol–water partition coefficient (Wildman–Crippen LogP) is 2.21. The zero-order valence-corrected chi connectivity index (χ0v) is 11.7. The van der Waals surface area contributed by atoms with E-state index in [-0.39, 0.29) is 5.48 Å². The molecule has 2 aliphatic rings. The third-order valence-electron chi connectivity index (χ3n) is 2.38. The van der Waals surface area contributed by atoms with Crippen molar-refractivity contribution in [2.75, 3.05) is 26.4 Å². The van der Waals surface area contributed by atoms with E-state index in [9.17, 15) is 0 Å². The molecule has 19 heavy (non-hydrogen) atoms. The Morgan fingerprint density at radius 1 is 0.579 bits per heavy atom. The van der Waals surface area contributed by atoms with Crippen LogP contribution in [0.2, 0.25) is 0 Å². The summed E-state index contributed by atoms with van der Waals surface area (Å²) in [5.74, 6) is 3.58. The Hall–Kier alpha value is -1.44. The lowest BCUT2D eigenvalue weighted by atomic mass is 10.5. The summed E-state index contributed by atoms with van der Waals surface area (Å²) in [6, 6.07) is 0. The smallest absolute Gasteiger partial charge is 0.172 e. The molecule has 2 aromatic heterocycles. The lowest BCUT2D eigenvalue weighted by Crippen LogP contribution is -2.13. The highest BCUT2D eigenvalue weighted by Gasteiger charge is 2.11. The summed E-state index contributed by atoms with van der Waals surface area (Å²) in [6.45, 7) is 2.74. The molecule has 0 fully saturated rings. The molecule has 2 N–H and O–H groups in total. The fraction of sp³-hybridized carbons (Fsp3) is 0.333. The second-order valence-corrected chi connectivity index (χ2v) is 5.08. The van der Waals surface area contributed by atoms with Crippen LogP contribution in [0.5, 0.6) is 23.0 Å². The Balaban J connectivity index is 0.000000133. The largest absolute Gasteiger partial charge is 0.485 e. The van der Waals surface area contributed by atoms with Crippen LogP contribution in [0.3, 0.4) is 0 Å². The zero-order chi connectivity index (χ0) is 12.2. The molecule has 7 heteroatoms. The summed E-state index contributed by atoms with van der Waals surface area (Å²) in [4.78, 5) is 0. The highest BCUT2D eigenvalue weighted by Crippen LogP contribution is 2.33. The first-order valence-corrected chi connectivity index (χ1v) is 7.45. The van der Waals surface area contributed by atoms with Gasteiger partial charge in [-0.2, -0.15) is 0 Å². The van der Waals surface area contributed by atoms with Crippen molar-refractivity contribution in [1.29, 1.82) is 0 Å². The summed E-state index contributed by atoms with van der Waals surface area (Å²) in [5.41, 5.74) is 0. The number of ether oxygens (including phenoxy) is 4. The molecule has 0 saturated heterocycles.